The Balaban J connectivity index is 2.39. The molecule has 1 saturated carbocycles. The van der Waals surface area contributed by atoms with Crippen LogP contribution >= 0.6 is 12.6 Å². The van der Waals surface area contributed by atoms with Gasteiger partial charge in [-0.2, -0.15) is 12.6 Å². The van der Waals surface area contributed by atoms with Gasteiger partial charge in [0.2, 0.25) is 5.91 Å². The molecule has 2 unspecified atom stereocenters. The molecule has 1 fully saturated rings. The van der Waals surface area contributed by atoms with E-state index in [4.69, 9.17) is 4.84 Å². The molecule has 0 spiro atoms. The largest absolute Gasteiger partial charge is 0.272 e. The fraction of sp³-hybridized carbons (Fsp3) is 0.909. The quantitative estimate of drug-likeness (QED) is 0.565. The molecule has 1 N–H and O–H groups in total. The number of carbonyl (C=O) groups excluding carboxylic acids is 1. The Kier molecular flexibility index (Phi) is 4.46. The molecule has 0 aromatic rings. The molecule has 0 saturated heterocycles. The van der Waals surface area contributed by atoms with Gasteiger partial charge in [0.25, 0.3) is 0 Å². The van der Waals surface area contributed by atoms with Gasteiger partial charge >= 0.3 is 0 Å². The Morgan fingerprint density at radius 1 is 1.33 bits per heavy atom. The van der Waals surface area contributed by atoms with Crippen LogP contribution in [0.4, 0.5) is 0 Å². The summed E-state index contributed by atoms with van der Waals surface area (Å²) < 4.78 is 0. The van der Waals surface area contributed by atoms with Crippen LogP contribution in [-0.4, -0.2) is 16.8 Å². The van der Waals surface area contributed by atoms with Crippen LogP contribution in [-0.2, 0) is 9.63 Å². The molecule has 1 aliphatic carbocycles. The first-order valence-corrected chi connectivity index (χ1v) is 6.08. The Labute approximate surface area is 97.3 Å². The summed E-state index contributed by atoms with van der Waals surface area (Å²) >= 11 is 4.44. The molecule has 2 atom stereocenters. The number of hydroxylamine groups is 1. The minimum absolute atomic E-state index is 0.00410. The van der Waals surface area contributed by atoms with Gasteiger partial charge < -0.3 is 0 Å². The van der Waals surface area contributed by atoms with Crippen molar-refractivity contribution in [2.45, 2.75) is 57.3 Å². The summed E-state index contributed by atoms with van der Waals surface area (Å²) in [5.74, 6) is -0.0194. The minimum Gasteiger partial charge on any atom is -0.272 e. The first kappa shape index (κ1) is 12.8. The van der Waals surface area contributed by atoms with Crippen LogP contribution in [0.25, 0.3) is 0 Å². The monoisotopic (exact) mass is 231 g/mol. The third-order valence-electron chi connectivity index (χ3n) is 2.52. The van der Waals surface area contributed by atoms with Gasteiger partial charge in [0.15, 0.2) is 0 Å². The number of carbonyl (C=O) groups is 1. The molecular formula is C11H21NO2S. The molecule has 15 heavy (non-hydrogen) atoms. The van der Waals surface area contributed by atoms with Crippen LogP contribution in [0.2, 0.25) is 0 Å². The van der Waals surface area contributed by atoms with Crippen LogP contribution in [0.15, 0.2) is 0 Å². The molecule has 1 amide bonds. The highest BCUT2D eigenvalue weighted by Gasteiger charge is 2.29. The highest BCUT2D eigenvalue weighted by molar-refractivity contribution is 7.81. The highest BCUT2D eigenvalue weighted by atomic mass is 32.1. The van der Waals surface area contributed by atoms with Crippen molar-refractivity contribution in [1.82, 2.24) is 5.48 Å². The zero-order valence-electron chi connectivity index (χ0n) is 9.75. The van der Waals surface area contributed by atoms with Crippen LogP contribution in [0, 0.1) is 5.92 Å². The average Bonchev–Trinajstić information content (AvgIpc) is 2.14. The number of thiol groups is 1. The van der Waals surface area contributed by atoms with Crippen molar-refractivity contribution in [3.8, 4) is 0 Å². The second kappa shape index (κ2) is 5.21. The summed E-state index contributed by atoms with van der Waals surface area (Å²) in [6.07, 6.45) is 4.24. The summed E-state index contributed by atoms with van der Waals surface area (Å²) in [6.45, 7) is 5.73. The zero-order valence-corrected chi connectivity index (χ0v) is 10.6. The lowest BCUT2D eigenvalue weighted by Gasteiger charge is -2.28. The Morgan fingerprint density at radius 2 is 1.93 bits per heavy atom. The molecule has 0 heterocycles. The van der Waals surface area contributed by atoms with Gasteiger partial charge in [-0.1, -0.05) is 12.8 Å². The zero-order chi connectivity index (χ0) is 11.5. The first-order chi connectivity index (χ1) is 6.90. The van der Waals surface area contributed by atoms with E-state index < -0.39 is 0 Å². The van der Waals surface area contributed by atoms with Crippen molar-refractivity contribution in [1.29, 1.82) is 0 Å². The molecule has 0 bridgehead atoms. The van der Waals surface area contributed by atoms with Crippen molar-refractivity contribution in [3.05, 3.63) is 0 Å². The molecule has 88 valence electrons. The van der Waals surface area contributed by atoms with Crippen LogP contribution in [0.5, 0.6) is 0 Å². The maximum absolute atomic E-state index is 11.8. The topological polar surface area (TPSA) is 38.3 Å². The van der Waals surface area contributed by atoms with Gasteiger partial charge in [0, 0.05) is 5.25 Å². The van der Waals surface area contributed by atoms with E-state index >= 15 is 0 Å². The van der Waals surface area contributed by atoms with Gasteiger partial charge in [-0.25, -0.2) is 5.48 Å². The van der Waals surface area contributed by atoms with Gasteiger partial charge in [-0.15, -0.1) is 0 Å². The van der Waals surface area contributed by atoms with E-state index in [-0.39, 0.29) is 22.7 Å². The lowest BCUT2D eigenvalue weighted by atomic mass is 9.88. The SMILES string of the molecule is CC(C)(C)ONC(=O)C1CCCCC1S. The Bertz CT molecular complexity index is 225. The predicted molar refractivity (Wildman–Crippen MR) is 63.7 cm³/mol. The molecule has 4 heteroatoms. The fourth-order valence-corrected chi connectivity index (χ4v) is 2.16. The molecule has 1 rings (SSSR count). The van der Waals surface area contributed by atoms with E-state index in [0.717, 1.165) is 19.3 Å². The Morgan fingerprint density at radius 3 is 2.47 bits per heavy atom. The molecule has 0 aromatic carbocycles. The summed E-state index contributed by atoms with van der Waals surface area (Å²) in [7, 11) is 0. The predicted octanol–water partition coefficient (Wildman–Crippen LogP) is 2.32. The maximum atomic E-state index is 11.8. The van der Waals surface area contributed by atoms with Crippen LogP contribution in [0.3, 0.4) is 0 Å². The molecule has 0 radical (unpaired) electrons. The number of nitrogens with one attached hydrogen (secondary N) is 1. The second-order valence-corrected chi connectivity index (χ2v) is 5.80. The average molecular weight is 231 g/mol. The molecule has 1 aliphatic rings. The molecule has 0 aromatic heterocycles. The van der Waals surface area contributed by atoms with E-state index in [2.05, 4.69) is 18.1 Å². The van der Waals surface area contributed by atoms with Gasteiger partial charge in [0.1, 0.15) is 0 Å². The molecule has 0 aliphatic heterocycles. The maximum Gasteiger partial charge on any atom is 0.247 e. The third-order valence-corrected chi connectivity index (χ3v) is 3.14. The van der Waals surface area contributed by atoms with Gasteiger partial charge in [-0.05, 0) is 33.6 Å². The van der Waals surface area contributed by atoms with Crippen LogP contribution in [0.1, 0.15) is 46.5 Å². The number of hydrogen-bond acceptors (Lipinski definition) is 3. The molecule has 3 nitrogen and oxygen atoms in total. The number of hydrogen-bond donors (Lipinski definition) is 2. The summed E-state index contributed by atoms with van der Waals surface area (Å²) in [6, 6.07) is 0. The highest BCUT2D eigenvalue weighted by Crippen LogP contribution is 2.28. The first-order valence-electron chi connectivity index (χ1n) is 5.56. The summed E-state index contributed by atoms with van der Waals surface area (Å²) in [4.78, 5) is 17.0. The second-order valence-electron chi connectivity index (χ2n) is 5.14. The van der Waals surface area contributed by atoms with Crippen molar-refractivity contribution in [2.24, 2.45) is 5.92 Å². The Hall–Kier alpha value is -0.220. The lowest BCUT2D eigenvalue weighted by molar-refractivity contribution is -0.150. The van der Waals surface area contributed by atoms with Crippen LogP contribution < -0.4 is 5.48 Å². The van der Waals surface area contributed by atoms with Crippen molar-refractivity contribution < 1.29 is 9.63 Å². The summed E-state index contributed by atoms with van der Waals surface area (Å²) in [5, 5.41) is 0.183. The van der Waals surface area contributed by atoms with E-state index in [1.165, 1.54) is 6.42 Å². The molecular weight excluding hydrogens is 210 g/mol. The van der Waals surface area contributed by atoms with E-state index in [1.807, 2.05) is 20.8 Å². The minimum atomic E-state index is -0.337. The van der Waals surface area contributed by atoms with Crippen molar-refractivity contribution in [2.75, 3.05) is 0 Å². The van der Waals surface area contributed by atoms with Gasteiger partial charge in [0.05, 0.1) is 11.5 Å². The summed E-state index contributed by atoms with van der Waals surface area (Å²) in [5.41, 5.74) is 2.20. The van der Waals surface area contributed by atoms with E-state index in [9.17, 15) is 4.79 Å². The standard InChI is InChI=1S/C11H21NO2S/c1-11(2,3)14-12-10(13)8-6-4-5-7-9(8)15/h8-9,15H,4-7H2,1-3H3,(H,12,13). The van der Waals surface area contributed by atoms with E-state index in [1.54, 1.807) is 0 Å². The fourth-order valence-electron chi connectivity index (χ4n) is 1.70. The van der Waals surface area contributed by atoms with Gasteiger partial charge in [-0.3, -0.25) is 9.63 Å². The number of amides is 1. The third kappa shape index (κ3) is 4.43. The smallest absolute Gasteiger partial charge is 0.247 e. The number of rotatable bonds is 2. The lowest BCUT2D eigenvalue weighted by Crippen LogP contribution is -2.41. The van der Waals surface area contributed by atoms with E-state index in [0.29, 0.717) is 0 Å². The normalized spacial score (nSPS) is 27.5. The van der Waals surface area contributed by atoms with Crippen molar-refractivity contribution >= 4 is 18.5 Å². The van der Waals surface area contributed by atoms with Crippen molar-refractivity contribution in [3.63, 3.8) is 0 Å².